The molecule has 0 fully saturated rings. The van der Waals surface area contributed by atoms with Crippen molar-refractivity contribution in [2.45, 2.75) is 4.90 Å². The third kappa shape index (κ3) is 1.23. The molecule has 0 unspecified atom stereocenters. The van der Waals surface area contributed by atoms with E-state index in [-0.39, 0.29) is 22.7 Å². The van der Waals surface area contributed by atoms with E-state index in [9.17, 15) is 13.2 Å². The van der Waals surface area contributed by atoms with Crippen LogP contribution < -0.4 is 5.73 Å². The molecule has 2 N–H and O–H groups in total. The van der Waals surface area contributed by atoms with Gasteiger partial charge in [0.05, 0.1) is 12.1 Å². The van der Waals surface area contributed by atoms with Gasteiger partial charge in [-0.3, -0.25) is 4.79 Å². The van der Waals surface area contributed by atoms with Crippen LogP contribution in [0, 0.1) is 0 Å². The summed E-state index contributed by atoms with van der Waals surface area (Å²) in [5.74, 6) is -0.590. The van der Waals surface area contributed by atoms with Gasteiger partial charge >= 0.3 is 0 Å². The maximum atomic E-state index is 11.9. The van der Waals surface area contributed by atoms with Crippen molar-refractivity contribution in [1.82, 2.24) is 4.31 Å². The van der Waals surface area contributed by atoms with Crippen LogP contribution in [-0.4, -0.2) is 25.2 Å². The quantitative estimate of drug-likeness (QED) is 0.604. The summed E-state index contributed by atoms with van der Waals surface area (Å²) in [6.45, 7) is 3.37. The highest BCUT2D eigenvalue weighted by molar-refractivity contribution is 7.90. The van der Waals surface area contributed by atoms with Crippen LogP contribution in [0.4, 0.5) is 5.69 Å². The first kappa shape index (κ1) is 10.7. The summed E-state index contributed by atoms with van der Waals surface area (Å²) in [4.78, 5) is 11.8. The Kier molecular flexibility index (Phi) is 2.23. The van der Waals surface area contributed by atoms with Crippen molar-refractivity contribution < 1.29 is 13.2 Å². The standard InChI is InChI=1S/C10H10N2O3S/c1-2-6-12-10(13)9-7(11)4-3-5-8(9)16(12,14)15/h2-5H,1,6,11H2. The van der Waals surface area contributed by atoms with Gasteiger partial charge in [0.2, 0.25) is 0 Å². The number of carbonyl (C=O) groups excluding carboxylic acids is 1. The molecular formula is C10H10N2O3S. The number of nitrogen functional groups attached to an aromatic ring is 1. The number of carbonyl (C=O) groups is 1. The summed E-state index contributed by atoms with van der Waals surface area (Å²) >= 11 is 0. The number of fused-ring (bicyclic) bond motifs is 1. The minimum atomic E-state index is -3.75. The molecule has 0 saturated carbocycles. The molecule has 0 bridgehead atoms. The Morgan fingerprint density at radius 3 is 2.69 bits per heavy atom. The zero-order chi connectivity index (χ0) is 11.9. The van der Waals surface area contributed by atoms with Gasteiger partial charge in [-0.15, -0.1) is 6.58 Å². The Morgan fingerprint density at radius 2 is 2.12 bits per heavy atom. The number of anilines is 1. The lowest BCUT2D eigenvalue weighted by atomic mass is 10.1. The number of rotatable bonds is 2. The van der Waals surface area contributed by atoms with Gasteiger partial charge in [-0.05, 0) is 12.1 Å². The largest absolute Gasteiger partial charge is 0.398 e. The van der Waals surface area contributed by atoms with Crippen LogP contribution >= 0.6 is 0 Å². The van der Waals surface area contributed by atoms with Crippen LogP contribution in [0.15, 0.2) is 35.7 Å². The van der Waals surface area contributed by atoms with Crippen LogP contribution in [0.3, 0.4) is 0 Å². The van der Waals surface area contributed by atoms with Gasteiger partial charge in [-0.25, -0.2) is 12.7 Å². The van der Waals surface area contributed by atoms with Crippen molar-refractivity contribution in [2.75, 3.05) is 12.3 Å². The molecule has 0 radical (unpaired) electrons. The van der Waals surface area contributed by atoms with E-state index in [0.29, 0.717) is 0 Å². The van der Waals surface area contributed by atoms with Gasteiger partial charge in [0.15, 0.2) is 0 Å². The molecule has 1 heterocycles. The maximum absolute atomic E-state index is 11.9. The van der Waals surface area contributed by atoms with Crippen LogP contribution in [0.25, 0.3) is 0 Å². The molecule has 1 aromatic rings. The summed E-state index contributed by atoms with van der Waals surface area (Å²) in [5.41, 5.74) is 5.84. The van der Waals surface area contributed by atoms with E-state index in [1.54, 1.807) is 0 Å². The molecule has 1 amide bonds. The Balaban J connectivity index is 2.72. The third-order valence-corrected chi connectivity index (χ3v) is 4.15. The highest BCUT2D eigenvalue weighted by Crippen LogP contribution is 2.33. The topological polar surface area (TPSA) is 80.5 Å². The van der Waals surface area contributed by atoms with E-state index >= 15 is 0 Å². The third-order valence-electron chi connectivity index (χ3n) is 2.36. The molecule has 1 aromatic carbocycles. The molecule has 0 aliphatic carbocycles. The fourth-order valence-electron chi connectivity index (χ4n) is 1.64. The van der Waals surface area contributed by atoms with Gasteiger partial charge in [0, 0.05) is 5.69 Å². The number of sulfonamides is 1. The monoisotopic (exact) mass is 238 g/mol. The number of hydrogen-bond acceptors (Lipinski definition) is 4. The first-order valence-electron chi connectivity index (χ1n) is 4.56. The van der Waals surface area contributed by atoms with Crippen molar-refractivity contribution in [1.29, 1.82) is 0 Å². The highest BCUT2D eigenvalue weighted by atomic mass is 32.2. The smallest absolute Gasteiger partial charge is 0.271 e. The van der Waals surface area contributed by atoms with Crippen LogP contribution in [0.2, 0.25) is 0 Å². The molecule has 0 spiro atoms. The average molecular weight is 238 g/mol. The lowest BCUT2D eigenvalue weighted by Crippen LogP contribution is -2.30. The maximum Gasteiger partial charge on any atom is 0.271 e. The Bertz CT molecular complexity index is 578. The minimum absolute atomic E-state index is 0.0284. The van der Waals surface area contributed by atoms with Gasteiger partial charge in [-0.1, -0.05) is 12.1 Å². The molecule has 16 heavy (non-hydrogen) atoms. The summed E-state index contributed by atoms with van der Waals surface area (Å²) in [7, 11) is -3.75. The number of amides is 1. The zero-order valence-corrected chi connectivity index (χ0v) is 9.20. The van der Waals surface area contributed by atoms with E-state index in [0.717, 1.165) is 4.31 Å². The van der Waals surface area contributed by atoms with Crippen LogP contribution in [-0.2, 0) is 10.0 Å². The van der Waals surface area contributed by atoms with Gasteiger partial charge in [0.1, 0.15) is 4.90 Å². The van der Waals surface area contributed by atoms with E-state index < -0.39 is 15.9 Å². The fraction of sp³-hybridized carbons (Fsp3) is 0.100. The second-order valence-electron chi connectivity index (χ2n) is 3.35. The lowest BCUT2D eigenvalue weighted by Gasteiger charge is -2.11. The molecular weight excluding hydrogens is 228 g/mol. The molecule has 0 saturated heterocycles. The van der Waals surface area contributed by atoms with E-state index in [2.05, 4.69) is 6.58 Å². The van der Waals surface area contributed by atoms with Crippen LogP contribution in [0.1, 0.15) is 10.4 Å². The first-order valence-corrected chi connectivity index (χ1v) is 6.00. The number of nitrogens with two attached hydrogens (primary N) is 1. The van der Waals surface area contributed by atoms with Crippen molar-refractivity contribution in [3.8, 4) is 0 Å². The number of hydrogen-bond donors (Lipinski definition) is 1. The summed E-state index contributed by atoms with van der Waals surface area (Å²) in [6.07, 6.45) is 1.36. The molecule has 0 atom stereocenters. The second kappa shape index (κ2) is 3.34. The molecule has 0 aromatic heterocycles. The molecule has 6 heteroatoms. The molecule has 1 aliphatic rings. The van der Waals surface area contributed by atoms with E-state index in [1.165, 1.54) is 24.3 Å². The lowest BCUT2D eigenvalue weighted by molar-refractivity contribution is 0.0881. The second-order valence-corrected chi connectivity index (χ2v) is 5.18. The summed E-state index contributed by atoms with van der Waals surface area (Å²) in [6, 6.07) is 4.39. The molecule has 2 rings (SSSR count). The normalized spacial score (nSPS) is 17.2. The summed E-state index contributed by atoms with van der Waals surface area (Å²) in [5, 5.41) is 0. The Morgan fingerprint density at radius 1 is 1.44 bits per heavy atom. The van der Waals surface area contributed by atoms with Gasteiger partial charge in [0.25, 0.3) is 15.9 Å². The summed E-state index contributed by atoms with van der Waals surface area (Å²) < 4.78 is 24.6. The predicted octanol–water partition coefficient (Wildman–Crippen LogP) is 0.599. The van der Waals surface area contributed by atoms with Gasteiger partial charge in [-0.2, -0.15) is 0 Å². The highest BCUT2D eigenvalue weighted by Gasteiger charge is 2.41. The van der Waals surface area contributed by atoms with E-state index in [1.807, 2.05) is 0 Å². The Hall–Kier alpha value is -1.82. The van der Waals surface area contributed by atoms with Gasteiger partial charge < -0.3 is 5.73 Å². The van der Waals surface area contributed by atoms with Crippen molar-refractivity contribution in [2.24, 2.45) is 0 Å². The predicted molar refractivity (Wildman–Crippen MR) is 59.3 cm³/mol. The first-order chi connectivity index (χ1) is 7.50. The Labute approximate surface area is 93.2 Å². The van der Waals surface area contributed by atoms with E-state index in [4.69, 9.17) is 5.73 Å². The number of benzene rings is 1. The molecule has 84 valence electrons. The molecule has 5 nitrogen and oxygen atoms in total. The van der Waals surface area contributed by atoms with Crippen molar-refractivity contribution in [3.63, 3.8) is 0 Å². The van der Waals surface area contributed by atoms with Crippen LogP contribution in [0.5, 0.6) is 0 Å². The average Bonchev–Trinajstić information content (AvgIpc) is 2.41. The fourth-order valence-corrected chi connectivity index (χ4v) is 3.21. The molecule has 1 aliphatic heterocycles. The number of nitrogens with zero attached hydrogens (tertiary/aromatic N) is 1. The van der Waals surface area contributed by atoms with Crippen molar-refractivity contribution in [3.05, 3.63) is 36.4 Å². The minimum Gasteiger partial charge on any atom is -0.398 e. The van der Waals surface area contributed by atoms with Crippen molar-refractivity contribution >= 4 is 21.6 Å². The SMILES string of the molecule is C=CCN1C(=O)c2c(N)cccc2S1(=O)=O. The zero-order valence-electron chi connectivity index (χ0n) is 8.38.